The van der Waals surface area contributed by atoms with E-state index in [0.29, 0.717) is 11.5 Å². The lowest BCUT2D eigenvalue weighted by molar-refractivity contribution is 0.246. The molecule has 4 heteroatoms. The van der Waals surface area contributed by atoms with Crippen LogP contribution in [-0.4, -0.2) is 29.9 Å². The molecule has 1 aromatic heterocycles. The minimum Gasteiger partial charge on any atom is -0.458 e. The van der Waals surface area contributed by atoms with Gasteiger partial charge >= 0.3 is 0 Å². The molecule has 0 aliphatic heterocycles. The number of rotatable bonds is 5. The fourth-order valence-electron chi connectivity index (χ4n) is 1.09. The molecule has 14 heavy (non-hydrogen) atoms. The molecule has 0 bridgehead atoms. The highest BCUT2D eigenvalue weighted by Crippen LogP contribution is 2.05. The highest BCUT2D eigenvalue weighted by Gasteiger charge is 1.97. The third kappa shape index (κ3) is 3.22. The number of hydrogen-bond acceptors (Lipinski definition) is 4. The quantitative estimate of drug-likeness (QED) is 0.572. The third-order valence-corrected chi connectivity index (χ3v) is 1.77. The highest BCUT2D eigenvalue weighted by atomic mass is 16.4. The summed E-state index contributed by atoms with van der Waals surface area (Å²) in [5.74, 6) is 1.22. The van der Waals surface area contributed by atoms with Crippen LogP contribution in [0.4, 0.5) is 0 Å². The third-order valence-electron chi connectivity index (χ3n) is 1.77. The molecule has 1 rings (SSSR count). The van der Waals surface area contributed by atoms with Crippen LogP contribution in [0.15, 0.2) is 21.7 Å². The van der Waals surface area contributed by atoms with Gasteiger partial charge in [-0.15, -0.1) is 0 Å². The number of nitrogens with zero attached hydrogens (tertiary/aromatic N) is 2. The van der Waals surface area contributed by atoms with Crippen molar-refractivity contribution in [2.45, 2.75) is 20.0 Å². The van der Waals surface area contributed by atoms with Crippen LogP contribution in [-0.2, 0) is 6.61 Å². The molecule has 0 saturated carbocycles. The van der Waals surface area contributed by atoms with E-state index in [2.05, 4.69) is 12.0 Å². The Bertz CT molecular complexity index is 294. The van der Waals surface area contributed by atoms with E-state index >= 15 is 0 Å². The van der Waals surface area contributed by atoms with Crippen molar-refractivity contribution < 1.29 is 9.52 Å². The van der Waals surface area contributed by atoms with E-state index in [-0.39, 0.29) is 6.61 Å². The second-order valence-corrected chi connectivity index (χ2v) is 3.09. The summed E-state index contributed by atoms with van der Waals surface area (Å²) in [5, 5.41) is 14.8. The summed E-state index contributed by atoms with van der Waals surface area (Å²) in [6.07, 6.45) is 2.71. The zero-order valence-electron chi connectivity index (χ0n) is 8.60. The Morgan fingerprint density at radius 1 is 1.57 bits per heavy atom. The van der Waals surface area contributed by atoms with Gasteiger partial charge in [0.1, 0.15) is 18.1 Å². The molecule has 0 saturated heterocycles. The van der Waals surface area contributed by atoms with E-state index in [9.17, 15) is 0 Å². The molecule has 0 aromatic carbocycles. The predicted octanol–water partition coefficient (Wildman–Crippen LogP) is 1.45. The topological polar surface area (TPSA) is 49.0 Å². The number of aliphatic hydroxyl groups is 1. The number of aliphatic hydroxyl groups excluding tert-OH is 1. The van der Waals surface area contributed by atoms with Gasteiger partial charge < -0.3 is 14.5 Å². The van der Waals surface area contributed by atoms with Crippen molar-refractivity contribution in [1.82, 2.24) is 5.01 Å². The Morgan fingerprint density at radius 3 is 2.93 bits per heavy atom. The van der Waals surface area contributed by atoms with Crippen LogP contribution < -0.4 is 0 Å². The first kappa shape index (κ1) is 10.8. The van der Waals surface area contributed by atoms with Gasteiger partial charge in [-0.2, -0.15) is 5.10 Å². The first-order valence-corrected chi connectivity index (χ1v) is 4.71. The van der Waals surface area contributed by atoms with Gasteiger partial charge in [0.05, 0.1) is 6.21 Å². The smallest absolute Gasteiger partial charge is 0.147 e. The Labute approximate surface area is 83.8 Å². The molecule has 1 N–H and O–H groups in total. The van der Waals surface area contributed by atoms with Crippen LogP contribution in [0.2, 0.25) is 0 Å². The van der Waals surface area contributed by atoms with Crippen LogP contribution in [0.3, 0.4) is 0 Å². The fraction of sp³-hybridized carbons (Fsp3) is 0.500. The molecule has 1 heterocycles. The summed E-state index contributed by atoms with van der Waals surface area (Å²) >= 11 is 0. The molecular formula is C10H16N2O2. The second kappa shape index (κ2) is 5.44. The van der Waals surface area contributed by atoms with E-state index < -0.39 is 0 Å². The molecule has 0 fully saturated rings. The van der Waals surface area contributed by atoms with E-state index in [0.717, 1.165) is 13.0 Å². The fourth-order valence-corrected chi connectivity index (χ4v) is 1.09. The number of hydrazone groups is 1. The Hall–Kier alpha value is -1.29. The summed E-state index contributed by atoms with van der Waals surface area (Å²) in [6, 6.07) is 3.52. The van der Waals surface area contributed by atoms with E-state index in [1.54, 1.807) is 18.3 Å². The van der Waals surface area contributed by atoms with Gasteiger partial charge in [-0.05, 0) is 18.6 Å². The standard InChI is InChI=1S/C10H16N2O2/c1-3-6-12(2)11-7-9-4-5-10(8-13)14-9/h4-5,7,13H,3,6,8H2,1-2H3/b11-7+. The Balaban J connectivity index is 2.50. The van der Waals surface area contributed by atoms with Gasteiger partial charge in [-0.1, -0.05) is 6.92 Å². The van der Waals surface area contributed by atoms with Gasteiger partial charge in [0.15, 0.2) is 0 Å². The van der Waals surface area contributed by atoms with Crippen molar-refractivity contribution in [3.05, 3.63) is 23.7 Å². The maximum atomic E-state index is 8.76. The van der Waals surface area contributed by atoms with Gasteiger partial charge in [-0.25, -0.2) is 0 Å². The van der Waals surface area contributed by atoms with Crippen molar-refractivity contribution in [2.75, 3.05) is 13.6 Å². The van der Waals surface area contributed by atoms with Crippen molar-refractivity contribution in [1.29, 1.82) is 0 Å². The lowest BCUT2D eigenvalue weighted by Gasteiger charge is -2.09. The Kier molecular flexibility index (Phi) is 4.19. The maximum Gasteiger partial charge on any atom is 0.147 e. The highest BCUT2D eigenvalue weighted by molar-refractivity contribution is 5.75. The van der Waals surface area contributed by atoms with E-state index in [4.69, 9.17) is 9.52 Å². The molecule has 0 unspecified atom stereocenters. The molecule has 0 spiro atoms. The summed E-state index contributed by atoms with van der Waals surface area (Å²) in [5.41, 5.74) is 0. The second-order valence-electron chi connectivity index (χ2n) is 3.09. The molecule has 0 aliphatic rings. The predicted molar refractivity (Wildman–Crippen MR) is 55.1 cm³/mol. The molecule has 0 radical (unpaired) electrons. The van der Waals surface area contributed by atoms with Crippen molar-refractivity contribution >= 4 is 6.21 Å². The Morgan fingerprint density at radius 2 is 2.36 bits per heavy atom. The molecule has 0 aliphatic carbocycles. The van der Waals surface area contributed by atoms with Crippen LogP contribution in [0.1, 0.15) is 24.9 Å². The minimum atomic E-state index is -0.0708. The van der Waals surface area contributed by atoms with Gasteiger partial charge in [-0.3, -0.25) is 0 Å². The van der Waals surface area contributed by atoms with Gasteiger partial charge in [0, 0.05) is 13.6 Å². The first-order chi connectivity index (χ1) is 6.76. The van der Waals surface area contributed by atoms with Crippen LogP contribution >= 0.6 is 0 Å². The lowest BCUT2D eigenvalue weighted by Crippen LogP contribution is -2.11. The van der Waals surface area contributed by atoms with Gasteiger partial charge in [0.25, 0.3) is 0 Å². The molecule has 0 atom stereocenters. The molecule has 1 aromatic rings. The summed E-state index contributed by atoms with van der Waals surface area (Å²) in [7, 11) is 1.91. The largest absolute Gasteiger partial charge is 0.458 e. The van der Waals surface area contributed by atoms with Crippen molar-refractivity contribution in [2.24, 2.45) is 5.10 Å². The molecular weight excluding hydrogens is 180 g/mol. The van der Waals surface area contributed by atoms with E-state index in [1.165, 1.54) is 0 Å². The van der Waals surface area contributed by atoms with Crippen molar-refractivity contribution in [3.8, 4) is 0 Å². The lowest BCUT2D eigenvalue weighted by atomic mass is 10.4. The molecule has 0 amide bonds. The first-order valence-electron chi connectivity index (χ1n) is 4.71. The van der Waals surface area contributed by atoms with Crippen LogP contribution in [0, 0.1) is 0 Å². The maximum absolute atomic E-state index is 8.76. The van der Waals surface area contributed by atoms with Gasteiger partial charge in [0.2, 0.25) is 0 Å². The normalized spacial score (nSPS) is 11.1. The average molecular weight is 196 g/mol. The summed E-state index contributed by atoms with van der Waals surface area (Å²) < 4.78 is 5.24. The van der Waals surface area contributed by atoms with Crippen LogP contribution in [0.25, 0.3) is 0 Å². The van der Waals surface area contributed by atoms with Crippen LogP contribution in [0.5, 0.6) is 0 Å². The monoisotopic (exact) mass is 196 g/mol. The van der Waals surface area contributed by atoms with Crippen molar-refractivity contribution in [3.63, 3.8) is 0 Å². The number of hydrogen-bond donors (Lipinski definition) is 1. The summed E-state index contributed by atoms with van der Waals surface area (Å²) in [4.78, 5) is 0. The zero-order chi connectivity index (χ0) is 10.4. The molecule has 78 valence electrons. The van der Waals surface area contributed by atoms with E-state index in [1.807, 2.05) is 12.1 Å². The summed E-state index contributed by atoms with van der Waals surface area (Å²) in [6.45, 7) is 2.95. The minimum absolute atomic E-state index is 0.0708. The SMILES string of the molecule is CCCN(C)/N=C/c1ccc(CO)o1. The molecule has 4 nitrogen and oxygen atoms in total. The number of furan rings is 1. The zero-order valence-corrected chi connectivity index (χ0v) is 8.60. The average Bonchev–Trinajstić information content (AvgIpc) is 2.63.